The summed E-state index contributed by atoms with van der Waals surface area (Å²) in [5.41, 5.74) is 8.32. The first-order valence-corrected chi connectivity index (χ1v) is 11.1. The molecular weight excluding hydrogens is 429 g/mol. The molecular formula is C26H19ClFNOS. The zero-order valence-corrected chi connectivity index (χ0v) is 18.4. The summed E-state index contributed by atoms with van der Waals surface area (Å²) in [6, 6.07) is 20.2. The third-order valence-corrected chi connectivity index (χ3v) is 6.27. The van der Waals surface area contributed by atoms with Gasteiger partial charge >= 0.3 is 0 Å². The Morgan fingerprint density at radius 1 is 1.03 bits per heavy atom. The van der Waals surface area contributed by atoms with Gasteiger partial charge < -0.3 is 0 Å². The van der Waals surface area contributed by atoms with Gasteiger partial charge in [-0.05, 0) is 52.0 Å². The number of aromatic nitrogens is 1. The van der Waals surface area contributed by atoms with Gasteiger partial charge in [-0.15, -0.1) is 11.3 Å². The van der Waals surface area contributed by atoms with Crippen LogP contribution in [-0.4, -0.2) is 11.3 Å². The topological polar surface area (TPSA) is 30.0 Å². The second-order valence-corrected chi connectivity index (χ2v) is 8.31. The number of rotatable bonds is 6. The number of carbonyl (C=O) groups is 1. The van der Waals surface area contributed by atoms with E-state index in [1.807, 2.05) is 23.8 Å². The molecule has 154 valence electrons. The van der Waals surface area contributed by atoms with Crippen LogP contribution in [0.1, 0.15) is 40.4 Å². The van der Waals surface area contributed by atoms with E-state index in [2.05, 4.69) is 36.2 Å². The van der Waals surface area contributed by atoms with E-state index in [1.54, 1.807) is 29.5 Å². The van der Waals surface area contributed by atoms with Gasteiger partial charge in [-0.25, -0.2) is 4.39 Å². The molecule has 1 heterocycles. The Morgan fingerprint density at radius 2 is 1.71 bits per heavy atom. The number of carbonyl (C=O) groups excluding carboxylic acids is 1. The number of aldehydes is 1. The number of benzene rings is 3. The molecule has 1 aromatic heterocycles. The molecule has 5 heteroatoms. The van der Waals surface area contributed by atoms with Crippen molar-refractivity contribution < 1.29 is 9.18 Å². The molecule has 31 heavy (non-hydrogen) atoms. The lowest BCUT2D eigenvalue weighted by atomic mass is 9.87. The van der Waals surface area contributed by atoms with Gasteiger partial charge in [0.2, 0.25) is 0 Å². The van der Waals surface area contributed by atoms with Gasteiger partial charge in [-0.1, -0.05) is 73.1 Å². The van der Waals surface area contributed by atoms with Crippen molar-refractivity contribution in [3.8, 4) is 10.4 Å². The molecule has 0 amide bonds. The normalized spacial score (nSPS) is 11.8. The summed E-state index contributed by atoms with van der Waals surface area (Å²) < 4.78 is 13.7. The SMILES string of the molecule is CCC(=C(c1ccc(C=O)cc1)c1ccc(-c2cncs2)cc1)c1ccc(F)cc1Cl. The van der Waals surface area contributed by atoms with Crippen LogP contribution in [0, 0.1) is 5.82 Å². The molecule has 0 unspecified atom stereocenters. The van der Waals surface area contributed by atoms with E-state index < -0.39 is 0 Å². The van der Waals surface area contributed by atoms with E-state index in [-0.39, 0.29) is 5.82 Å². The molecule has 0 N–H and O–H groups in total. The number of allylic oxidation sites excluding steroid dienone is 1. The van der Waals surface area contributed by atoms with E-state index in [1.165, 1.54) is 12.1 Å². The second kappa shape index (κ2) is 9.38. The van der Waals surface area contributed by atoms with E-state index in [0.717, 1.165) is 44.6 Å². The molecule has 4 rings (SSSR count). The first-order valence-electron chi connectivity index (χ1n) is 9.84. The second-order valence-electron chi connectivity index (χ2n) is 7.01. The molecule has 0 atom stereocenters. The Kier molecular flexibility index (Phi) is 6.40. The minimum Gasteiger partial charge on any atom is -0.298 e. The van der Waals surface area contributed by atoms with Crippen LogP contribution >= 0.6 is 22.9 Å². The van der Waals surface area contributed by atoms with Crippen LogP contribution in [0.5, 0.6) is 0 Å². The predicted molar refractivity (Wildman–Crippen MR) is 127 cm³/mol. The van der Waals surface area contributed by atoms with Gasteiger partial charge in [0.05, 0.1) is 15.4 Å². The third-order valence-electron chi connectivity index (χ3n) is 5.14. The Bertz CT molecular complexity index is 1230. The smallest absolute Gasteiger partial charge is 0.150 e. The number of hydrogen-bond donors (Lipinski definition) is 0. The van der Waals surface area contributed by atoms with Crippen LogP contribution in [0.4, 0.5) is 4.39 Å². The molecule has 0 saturated carbocycles. The van der Waals surface area contributed by atoms with Gasteiger partial charge in [0.25, 0.3) is 0 Å². The summed E-state index contributed by atoms with van der Waals surface area (Å²) in [5, 5.41) is 0.375. The maximum absolute atomic E-state index is 13.7. The van der Waals surface area contributed by atoms with E-state index >= 15 is 0 Å². The van der Waals surface area contributed by atoms with Crippen molar-refractivity contribution in [1.29, 1.82) is 0 Å². The van der Waals surface area contributed by atoms with Crippen LogP contribution in [0.25, 0.3) is 21.6 Å². The van der Waals surface area contributed by atoms with E-state index in [0.29, 0.717) is 17.0 Å². The highest BCUT2D eigenvalue weighted by Gasteiger charge is 2.16. The predicted octanol–water partition coefficient (Wildman–Crippen LogP) is 7.78. The van der Waals surface area contributed by atoms with Crippen LogP contribution < -0.4 is 0 Å². The molecule has 0 radical (unpaired) electrons. The highest BCUT2D eigenvalue weighted by Crippen LogP contribution is 2.38. The Balaban J connectivity index is 1.91. The fourth-order valence-electron chi connectivity index (χ4n) is 3.64. The number of hydrogen-bond acceptors (Lipinski definition) is 3. The van der Waals surface area contributed by atoms with Gasteiger partial charge in [0.15, 0.2) is 0 Å². The summed E-state index contributed by atoms with van der Waals surface area (Å²) >= 11 is 8.03. The molecule has 0 fully saturated rings. The standard InChI is InChI=1S/C26H19ClFNOS/c1-2-22(23-12-11-21(28)13-24(23)27)26(19-5-3-17(15-30)4-6-19)20-9-7-18(8-10-20)25-14-29-16-31-25/h3-16H,2H2,1H3. The van der Waals surface area contributed by atoms with Gasteiger partial charge in [-0.2, -0.15) is 0 Å². The van der Waals surface area contributed by atoms with E-state index in [4.69, 9.17) is 11.6 Å². The Hall–Kier alpha value is -3.08. The molecule has 0 aliphatic carbocycles. The van der Waals surface area contributed by atoms with Crippen LogP contribution in [0.3, 0.4) is 0 Å². The first kappa shape index (κ1) is 21.2. The Morgan fingerprint density at radius 3 is 2.26 bits per heavy atom. The lowest BCUT2D eigenvalue weighted by Crippen LogP contribution is -1.97. The highest BCUT2D eigenvalue weighted by atomic mass is 35.5. The summed E-state index contributed by atoms with van der Waals surface area (Å²) in [5.74, 6) is -0.366. The quantitative estimate of drug-likeness (QED) is 0.223. The number of halogens is 2. The van der Waals surface area contributed by atoms with E-state index in [9.17, 15) is 9.18 Å². The van der Waals surface area contributed by atoms with Crippen molar-refractivity contribution in [3.05, 3.63) is 112 Å². The lowest BCUT2D eigenvalue weighted by Gasteiger charge is -2.18. The Labute approximate surface area is 189 Å². The fourth-order valence-corrected chi connectivity index (χ4v) is 4.55. The molecule has 0 aliphatic rings. The van der Waals surface area contributed by atoms with Crippen molar-refractivity contribution in [1.82, 2.24) is 4.98 Å². The van der Waals surface area contributed by atoms with Crippen molar-refractivity contribution in [2.45, 2.75) is 13.3 Å². The summed E-state index contributed by atoms with van der Waals surface area (Å²) in [6.45, 7) is 2.06. The highest BCUT2D eigenvalue weighted by molar-refractivity contribution is 7.13. The lowest BCUT2D eigenvalue weighted by molar-refractivity contribution is 0.112. The minimum atomic E-state index is -0.366. The average Bonchev–Trinajstić information content (AvgIpc) is 3.33. The summed E-state index contributed by atoms with van der Waals surface area (Å²) in [7, 11) is 0. The summed E-state index contributed by atoms with van der Waals surface area (Å²) in [4.78, 5) is 16.4. The van der Waals surface area contributed by atoms with Crippen LogP contribution in [0.15, 0.2) is 78.4 Å². The zero-order chi connectivity index (χ0) is 21.8. The molecule has 0 bridgehead atoms. The van der Waals surface area contributed by atoms with Crippen molar-refractivity contribution in [2.75, 3.05) is 0 Å². The molecule has 0 spiro atoms. The van der Waals surface area contributed by atoms with Crippen molar-refractivity contribution in [3.63, 3.8) is 0 Å². The average molecular weight is 448 g/mol. The third kappa shape index (κ3) is 4.50. The number of nitrogens with zero attached hydrogens (tertiary/aromatic N) is 1. The largest absolute Gasteiger partial charge is 0.298 e. The molecule has 2 nitrogen and oxygen atoms in total. The fraction of sp³-hybridized carbons (Fsp3) is 0.0769. The summed E-state index contributed by atoms with van der Waals surface area (Å²) in [6.07, 6.45) is 3.38. The van der Waals surface area contributed by atoms with Crippen molar-refractivity contribution >= 4 is 40.4 Å². The molecule has 4 aromatic rings. The molecule has 0 saturated heterocycles. The maximum Gasteiger partial charge on any atom is 0.150 e. The first-order chi connectivity index (χ1) is 15.1. The van der Waals surface area contributed by atoms with Gasteiger partial charge in [-0.3, -0.25) is 9.78 Å². The van der Waals surface area contributed by atoms with Gasteiger partial charge in [0.1, 0.15) is 12.1 Å². The maximum atomic E-state index is 13.7. The zero-order valence-electron chi connectivity index (χ0n) is 16.8. The van der Waals surface area contributed by atoms with Crippen LogP contribution in [0.2, 0.25) is 5.02 Å². The molecule has 0 aliphatic heterocycles. The van der Waals surface area contributed by atoms with Crippen molar-refractivity contribution in [2.24, 2.45) is 0 Å². The number of thiazole rings is 1. The molecule has 3 aromatic carbocycles. The minimum absolute atomic E-state index is 0.366. The van der Waals surface area contributed by atoms with Crippen LogP contribution in [-0.2, 0) is 0 Å². The monoisotopic (exact) mass is 447 g/mol. The van der Waals surface area contributed by atoms with Gasteiger partial charge in [0, 0.05) is 11.8 Å².